The number of carbonyl (C=O) groups excluding carboxylic acids is 1. The summed E-state index contributed by atoms with van der Waals surface area (Å²) < 4.78 is 21.5. The van der Waals surface area contributed by atoms with Gasteiger partial charge in [-0.1, -0.05) is 6.08 Å². The van der Waals surface area contributed by atoms with Crippen molar-refractivity contribution in [2.75, 3.05) is 20.8 Å². The number of hydrogen-bond acceptors (Lipinski definition) is 9. The molecular weight excluding hydrogens is 348 g/mol. The van der Waals surface area contributed by atoms with Crippen molar-refractivity contribution in [2.24, 2.45) is 0 Å². The van der Waals surface area contributed by atoms with Crippen LogP contribution in [0, 0.1) is 0 Å². The van der Waals surface area contributed by atoms with E-state index in [0.29, 0.717) is 11.8 Å². The topological polar surface area (TPSA) is 135 Å². The second-order valence-corrected chi connectivity index (χ2v) is 5.56. The van der Waals surface area contributed by atoms with Crippen LogP contribution in [0.15, 0.2) is 18.2 Å². The van der Waals surface area contributed by atoms with Crippen LogP contribution in [0.5, 0.6) is 17.2 Å². The Labute approximate surface area is 150 Å². The molecule has 1 saturated heterocycles. The Hall–Kier alpha value is -2.17. The van der Waals surface area contributed by atoms with E-state index in [-0.39, 0.29) is 17.2 Å². The highest BCUT2D eigenvalue weighted by Gasteiger charge is 2.45. The summed E-state index contributed by atoms with van der Waals surface area (Å²) in [6.45, 7) is -0.575. The molecule has 1 fully saturated rings. The van der Waals surface area contributed by atoms with Crippen molar-refractivity contribution in [1.29, 1.82) is 0 Å². The van der Waals surface area contributed by atoms with E-state index in [9.17, 15) is 25.2 Å². The molecule has 0 amide bonds. The first-order chi connectivity index (χ1) is 12.5. The third kappa shape index (κ3) is 4.14. The molecule has 2 rings (SSSR count). The minimum absolute atomic E-state index is 0.0857. The van der Waals surface area contributed by atoms with Crippen molar-refractivity contribution in [3.63, 3.8) is 0 Å². The summed E-state index contributed by atoms with van der Waals surface area (Å²) in [5, 5.41) is 39.0. The Balaban J connectivity index is 2.35. The summed E-state index contributed by atoms with van der Waals surface area (Å²) in [7, 11) is 2.78. The third-order valence-electron chi connectivity index (χ3n) is 3.93. The normalized spacial score (nSPS) is 28.8. The van der Waals surface area contributed by atoms with Crippen molar-refractivity contribution in [3.8, 4) is 17.2 Å². The maximum atomic E-state index is 10.5. The van der Waals surface area contributed by atoms with Crippen molar-refractivity contribution < 1.29 is 44.2 Å². The predicted molar refractivity (Wildman–Crippen MR) is 89.0 cm³/mol. The lowest BCUT2D eigenvalue weighted by Gasteiger charge is -2.39. The van der Waals surface area contributed by atoms with E-state index >= 15 is 0 Å². The number of ether oxygens (including phenoxy) is 4. The van der Waals surface area contributed by atoms with E-state index < -0.39 is 37.3 Å². The number of aliphatic hydroxyl groups is 4. The molecule has 9 nitrogen and oxygen atoms in total. The fourth-order valence-electron chi connectivity index (χ4n) is 2.54. The predicted octanol–water partition coefficient (Wildman–Crippen LogP) is -0.905. The van der Waals surface area contributed by atoms with Crippen LogP contribution in [0.1, 0.15) is 5.56 Å². The van der Waals surface area contributed by atoms with Crippen molar-refractivity contribution in [1.82, 2.24) is 0 Å². The van der Waals surface area contributed by atoms with Gasteiger partial charge in [0.05, 0.1) is 20.8 Å². The van der Waals surface area contributed by atoms with E-state index in [2.05, 4.69) is 0 Å². The summed E-state index contributed by atoms with van der Waals surface area (Å²) >= 11 is 0. The van der Waals surface area contributed by atoms with Gasteiger partial charge in [0.2, 0.25) is 12.0 Å². The van der Waals surface area contributed by atoms with E-state index in [0.717, 1.165) is 0 Å². The molecule has 144 valence electrons. The van der Waals surface area contributed by atoms with Crippen LogP contribution in [0.2, 0.25) is 0 Å². The highest BCUT2D eigenvalue weighted by Crippen LogP contribution is 2.40. The number of aliphatic hydroxyl groups excluding tert-OH is 4. The first-order valence-corrected chi connectivity index (χ1v) is 7.81. The first-order valence-electron chi connectivity index (χ1n) is 7.81. The van der Waals surface area contributed by atoms with Crippen molar-refractivity contribution >= 4 is 12.4 Å². The monoisotopic (exact) mass is 370 g/mol. The van der Waals surface area contributed by atoms with Crippen LogP contribution >= 0.6 is 0 Å². The van der Waals surface area contributed by atoms with Crippen LogP contribution < -0.4 is 14.2 Å². The number of allylic oxidation sites excluding steroid dienone is 1. The molecule has 9 heteroatoms. The van der Waals surface area contributed by atoms with Crippen LogP contribution in [0.4, 0.5) is 0 Å². The third-order valence-corrected chi connectivity index (χ3v) is 3.93. The molecule has 0 bridgehead atoms. The molecule has 5 atom stereocenters. The van der Waals surface area contributed by atoms with Gasteiger partial charge in [0.25, 0.3) is 0 Å². The SMILES string of the molecule is COc1cc(C=CC=O)cc(OC)c1OC1OC(CO)C(O)C(O)C1O. The van der Waals surface area contributed by atoms with Gasteiger partial charge < -0.3 is 39.4 Å². The fourth-order valence-corrected chi connectivity index (χ4v) is 2.54. The summed E-state index contributed by atoms with van der Waals surface area (Å²) in [4.78, 5) is 10.5. The van der Waals surface area contributed by atoms with Crippen LogP contribution in [-0.2, 0) is 9.53 Å². The number of methoxy groups -OCH3 is 2. The average Bonchev–Trinajstić information content (AvgIpc) is 2.66. The van der Waals surface area contributed by atoms with Crippen LogP contribution in [0.3, 0.4) is 0 Å². The van der Waals surface area contributed by atoms with Gasteiger partial charge in [-0.2, -0.15) is 0 Å². The summed E-state index contributed by atoms with van der Waals surface area (Å²) in [6, 6.07) is 3.14. The zero-order valence-corrected chi connectivity index (χ0v) is 14.3. The Morgan fingerprint density at radius 2 is 1.69 bits per heavy atom. The lowest BCUT2D eigenvalue weighted by Crippen LogP contribution is -2.60. The average molecular weight is 370 g/mol. The Morgan fingerprint density at radius 1 is 1.08 bits per heavy atom. The Bertz CT molecular complexity index is 618. The quantitative estimate of drug-likeness (QED) is 0.355. The Morgan fingerprint density at radius 3 is 2.19 bits per heavy atom. The van der Waals surface area contributed by atoms with Gasteiger partial charge in [0.1, 0.15) is 30.7 Å². The number of hydrogen-bond donors (Lipinski definition) is 4. The molecular formula is C17H22O9. The second-order valence-electron chi connectivity index (χ2n) is 5.56. The molecule has 4 N–H and O–H groups in total. The second kappa shape index (κ2) is 8.97. The van der Waals surface area contributed by atoms with Gasteiger partial charge in [-0.15, -0.1) is 0 Å². The lowest BCUT2D eigenvalue weighted by atomic mass is 9.99. The number of rotatable bonds is 7. The van der Waals surface area contributed by atoms with Crippen molar-refractivity contribution in [3.05, 3.63) is 23.8 Å². The highest BCUT2D eigenvalue weighted by molar-refractivity contribution is 5.75. The zero-order chi connectivity index (χ0) is 19.3. The van der Waals surface area contributed by atoms with Crippen LogP contribution in [0.25, 0.3) is 6.08 Å². The number of carbonyl (C=O) groups is 1. The van der Waals surface area contributed by atoms with E-state index in [4.69, 9.17) is 18.9 Å². The largest absolute Gasteiger partial charge is 0.493 e. The van der Waals surface area contributed by atoms with Gasteiger partial charge in [-0.25, -0.2) is 0 Å². The summed E-state index contributed by atoms with van der Waals surface area (Å²) in [5.41, 5.74) is 0.604. The molecule has 0 aromatic heterocycles. The lowest BCUT2D eigenvalue weighted by molar-refractivity contribution is -0.277. The highest BCUT2D eigenvalue weighted by atomic mass is 16.7. The standard InChI is InChI=1S/C17H22O9/c1-23-10-6-9(4-3-5-18)7-11(24-2)16(10)26-17-15(22)14(21)13(20)12(8-19)25-17/h3-7,12-15,17,19-22H,8H2,1-2H3. The molecule has 0 spiro atoms. The van der Waals surface area contributed by atoms with Gasteiger partial charge in [-0.3, -0.25) is 4.79 Å². The van der Waals surface area contributed by atoms with Gasteiger partial charge in [-0.05, 0) is 23.8 Å². The van der Waals surface area contributed by atoms with E-state index in [1.807, 2.05) is 0 Å². The Kier molecular flexibility index (Phi) is 6.95. The maximum Gasteiger partial charge on any atom is 0.229 e. The molecule has 0 saturated carbocycles. The number of benzene rings is 1. The minimum atomic E-state index is -1.57. The molecule has 1 heterocycles. The van der Waals surface area contributed by atoms with Gasteiger partial charge in [0.15, 0.2) is 11.5 Å². The van der Waals surface area contributed by atoms with E-state index in [1.165, 1.54) is 26.4 Å². The molecule has 1 aliphatic rings. The molecule has 0 aliphatic carbocycles. The van der Waals surface area contributed by atoms with Crippen LogP contribution in [-0.4, -0.2) is 78.2 Å². The molecule has 1 aliphatic heterocycles. The summed E-state index contributed by atoms with van der Waals surface area (Å²) in [6.07, 6.45) is -3.67. The molecule has 0 radical (unpaired) electrons. The van der Waals surface area contributed by atoms with Crippen molar-refractivity contribution in [2.45, 2.75) is 30.7 Å². The smallest absolute Gasteiger partial charge is 0.229 e. The number of aldehydes is 1. The summed E-state index contributed by atoms with van der Waals surface area (Å²) in [5.74, 6) is 0.543. The molecule has 5 unspecified atom stereocenters. The molecule has 26 heavy (non-hydrogen) atoms. The molecule has 1 aromatic carbocycles. The van der Waals surface area contributed by atoms with Gasteiger partial charge in [0, 0.05) is 0 Å². The fraction of sp³-hybridized carbons (Fsp3) is 0.471. The maximum absolute atomic E-state index is 10.5. The zero-order valence-electron chi connectivity index (χ0n) is 14.3. The van der Waals surface area contributed by atoms with Gasteiger partial charge >= 0.3 is 0 Å². The van der Waals surface area contributed by atoms with E-state index in [1.54, 1.807) is 12.1 Å². The molecule has 1 aromatic rings. The first kappa shape index (κ1) is 20.1. The minimum Gasteiger partial charge on any atom is -0.493 e.